The molecule has 3 N–H and O–H groups in total. The lowest BCUT2D eigenvalue weighted by atomic mass is 9.89. The average Bonchev–Trinajstić information content (AvgIpc) is 3.02. The fraction of sp³-hybridized carbons (Fsp3) is 0.458. The molecule has 41 heavy (non-hydrogen) atoms. The average molecular weight is 628 g/mol. The van der Waals surface area contributed by atoms with Gasteiger partial charge in [-0.25, -0.2) is 17.9 Å². The molecule has 3 heterocycles. The van der Waals surface area contributed by atoms with Crippen molar-refractivity contribution in [1.82, 2.24) is 19.5 Å². The van der Waals surface area contributed by atoms with Crippen molar-refractivity contribution in [3.05, 3.63) is 40.4 Å². The Morgan fingerprint density at radius 2 is 1.85 bits per heavy atom. The molecule has 1 aromatic heterocycles. The van der Waals surface area contributed by atoms with Crippen LogP contribution in [0.25, 0.3) is 0 Å². The first-order valence-corrected chi connectivity index (χ1v) is 13.3. The second kappa shape index (κ2) is 11.6. The number of carbonyl (C=O) groups is 3. The van der Waals surface area contributed by atoms with Crippen molar-refractivity contribution in [2.45, 2.75) is 48.8 Å². The van der Waals surface area contributed by atoms with Gasteiger partial charge in [0.25, 0.3) is 12.3 Å². The molecule has 1 saturated heterocycles. The number of carbonyl (C=O) groups excluding carboxylic acids is 3. The van der Waals surface area contributed by atoms with Crippen molar-refractivity contribution in [1.29, 1.82) is 0 Å². The maximum absolute atomic E-state index is 13.7. The van der Waals surface area contributed by atoms with Gasteiger partial charge in [-0.15, -0.1) is 0 Å². The van der Waals surface area contributed by atoms with Gasteiger partial charge in [-0.3, -0.25) is 14.4 Å². The summed E-state index contributed by atoms with van der Waals surface area (Å²) in [5.74, 6) is -4.20. The van der Waals surface area contributed by atoms with Crippen LogP contribution in [0.5, 0.6) is 5.75 Å². The second-order valence-corrected chi connectivity index (χ2v) is 10.8. The number of hydrogen-bond acceptors (Lipinski definition) is 6. The summed E-state index contributed by atoms with van der Waals surface area (Å²) in [6.07, 6.45) is -7.26. The molecule has 1 fully saturated rings. The third kappa shape index (κ3) is 6.38. The molecule has 17 heteroatoms. The van der Waals surface area contributed by atoms with E-state index in [9.17, 15) is 40.7 Å². The van der Waals surface area contributed by atoms with Crippen LogP contribution in [0.4, 0.5) is 32.0 Å². The van der Waals surface area contributed by atoms with Crippen LogP contribution >= 0.6 is 23.5 Å². The molecule has 0 aliphatic carbocycles. The first kappa shape index (κ1) is 30.8. The number of ether oxygens (including phenoxy) is 1. The first-order valence-electron chi connectivity index (χ1n) is 12.1. The number of aromatic nitrogens is 1. The number of rotatable bonds is 4. The number of nitrogens with zero attached hydrogens (tertiary/aromatic N) is 2. The minimum absolute atomic E-state index is 0.000957. The Kier molecular flexibility index (Phi) is 8.76. The zero-order valence-electron chi connectivity index (χ0n) is 21.5. The molecule has 2 aromatic rings. The Hall–Kier alpha value is -3.11. The van der Waals surface area contributed by atoms with Gasteiger partial charge >= 0.3 is 18.0 Å². The quantitative estimate of drug-likeness (QED) is 0.263. The molecule has 0 unspecified atom stereocenters. The first-order chi connectivity index (χ1) is 19.1. The highest BCUT2D eigenvalue weighted by Crippen LogP contribution is 2.44. The van der Waals surface area contributed by atoms with Crippen LogP contribution in [-0.4, -0.2) is 64.6 Å². The number of nitrogens with one attached hydrogen (secondary N) is 3. The zero-order valence-corrected chi connectivity index (χ0v) is 23.1. The van der Waals surface area contributed by atoms with Crippen LogP contribution in [-0.2, 0) is 16.6 Å². The van der Waals surface area contributed by atoms with Crippen LogP contribution in [0.1, 0.15) is 42.2 Å². The number of alkyl halides is 5. The van der Waals surface area contributed by atoms with E-state index >= 15 is 0 Å². The van der Waals surface area contributed by atoms with Crippen molar-refractivity contribution in [3.63, 3.8) is 0 Å². The highest BCUT2D eigenvalue weighted by molar-refractivity contribution is 7.97. The van der Waals surface area contributed by atoms with E-state index in [4.69, 9.17) is 16.3 Å². The summed E-state index contributed by atoms with van der Waals surface area (Å²) in [6.45, 7) is 0.816. The predicted octanol–water partition coefficient (Wildman–Crippen LogP) is 4.42. The fourth-order valence-corrected chi connectivity index (χ4v) is 5.67. The van der Waals surface area contributed by atoms with Gasteiger partial charge in [-0.2, -0.15) is 13.2 Å². The van der Waals surface area contributed by atoms with Crippen molar-refractivity contribution < 1.29 is 45.5 Å². The highest BCUT2D eigenvalue weighted by Gasteiger charge is 2.43. The summed E-state index contributed by atoms with van der Waals surface area (Å²) in [5, 5.41) is 4.23. The van der Waals surface area contributed by atoms with E-state index in [1.807, 2.05) is 0 Å². The zero-order chi connectivity index (χ0) is 30.3. The molecule has 1 aromatic carbocycles. The standard InChI is InChI=1S/C24H24ClF6N5O4S/c1-11(24(29,30)31)32-21(38)22(39)36-7-5-23(6-8-36)10-40-16-15(35(2)18(25)17(16)41-34-23)20(37)33-12-3-4-14(26)13(9-12)19(27)28/h3-4,9,11,19,34H,5-8,10H2,1-2H3,(H,32,38)(H,33,37)/t11-/m1/s1. The predicted molar refractivity (Wildman–Crippen MR) is 136 cm³/mol. The molecular formula is C24H24ClF6N5O4S. The molecule has 0 bridgehead atoms. The van der Waals surface area contributed by atoms with E-state index in [1.165, 1.54) is 11.6 Å². The van der Waals surface area contributed by atoms with Crippen molar-refractivity contribution in [2.75, 3.05) is 25.0 Å². The van der Waals surface area contributed by atoms with E-state index in [1.54, 1.807) is 5.32 Å². The number of benzene rings is 1. The van der Waals surface area contributed by atoms with Crippen molar-refractivity contribution in [3.8, 4) is 5.75 Å². The minimum atomic E-state index is -4.69. The summed E-state index contributed by atoms with van der Waals surface area (Å²) < 4.78 is 88.7. The van der Waals surface area contributed by atoms with Crippen molar-refractivity contribution >= 4 is 47.0 Å². The summed E-state index contributed by atoms with van der Waals surface area (Å²) >= 11 is 7.53. The number of halogens is 7. The minimum Gasteiger partial charge on any atom is -0.488 e. The van der Waals surface area contributed by atoms with E-state index in [2.05, 4.69) is 10.0 Å². The lowest BCUT2D eigenvalue weighted by Crippen LogP contribution is -2.57. The molecule has 2 aliphatic rings. The third-order valence-electron chi connectivity index (χ3n) is 6.85. The van der Waals surface area contributed by atoms with Crippen LogP contribution in [0.3, 0.4) is 0 Å². The lowest BCUT2D eigenvalue weighted by Gasteiger charge is -2.40. The molecule has 1 spiro atoms. The summed E-state index contributed by atoms with van der Waals surface area (Å²) in [7, 11) is 1.50. The van der Waals surface area contributed by atoms with Crippen molar-refractivity contribution in [2.24, 2.45) is 7.05 Å². The Morgan fingerprint density at radius 1 is 1.20 bits per heavy atom. The Balaban J connectivity index is 1.44. The van der Waals surface area contributed by atoms with Gasteiger partial charge in [0.05, 0.1) is 11.1 Å². The molecule has 224 valence electrons. The fourth-order valence-electron chi connectivity index (χ4n) is 4.33. The van der Waals surface area contributed by atoms with Gasteiger partial charge in [-0.1, -0.05) is 11.6 Å². The Bertz CT molecular complexity index is 1360. The molecule has 1 atom stereocenters. The van der Waals surface area contributed by atoms with E-state index in [0.717, 1.165) is 42.0 Å². The maximum Gasteiger partial charge on any atom is 0.408 e. The van der Waals surface area contributed by atoms with E-state index in [0.29, 0.717) is 4.90 Å². The molecule has 4 rings (SSSR count). The maximum atomic E-state index is 13.7. The third-order valence-corrected chi connectivity index (χ3v) is 8.52. The molecule has 2 aliphatic heterocycles. The SMILES string of the molecule is C[C@@H](NC(=O)C(=O)N1CCC2(CC1)COc1c(c(Cl)n(C)c1C(=O)Nc1ccc(F)c(C(F)F)c1)SN2)C(F)(F)F. The lowest BCUT2D eigenvalue weighted by molar-refractivity contribution is -0.162. The van der Waals surface area contributed by atoms with Gasteiger partial charge in [0, 0.05) is 25.8 Å². The topological polar surface area (TPSA) is 105 Å². The van der Waals surface area contributed by atoms with Crippen LogP contribution < -0.4 is 20.1 Å². The van der Waals surface area contributed by atoms with Gasteiger partial charge < -0.3 is 24.8 Å². The smallest absolute Gasteiger partial charge is 0.408 e. The summed E-state index contributed by atoms with van der Waals surface area (Å²) in [5.41, 5.74) is -1.72. The monoisotopic (exact) mass is 627 g/mol. The number of hydrogen-bond donors (Lipinski definition) is 3. The molecule has 9 nitrogen and oxygen atoms in total. The van der Waals surface area contributed by atoms with Crippen LogP contribution in [0.15, 0.2) is 23.1 Å². The Morgan fingerprint density at radius 3 is 2.46 bits per heavy atom. The summed E-state index contributed by atoms with van der Waals surface area (Å²) in [6, 6.07) is 0.584. The number of fused-ring (bicyclic) bond motifs is 1. The second-order valence-electron chi connectivity index (χ2n) is 9.65. The van der Waals surface area contributed by atoms with Gasteiger partial charge in [-0.05, 0) is 49.9 Å². The van der Waals surface area contributed by atoms with Gasteiger partial charge in [0.1, 0.15) is 28.5 Å². The van der Waals surface area contributed by atoms with E-state index in [-0.39, 0.29) is 54.8 Å². The highest BCUT2D eigenvalue weighted by atomic mass is 35.5. The van der Waals surface area contributed by atoms with Crippen LogP contribution in [0.2, 0.25) is 5.15 Å². The molecular weight excluding hydrogens is 604 g/mol. The largest absolute Gasteiger partial charge is 0.488 e. The molecule has 0 saturated carbocycles. The molecule has 0 radical (unpaired) electrons. The van der Waals surface area contributed by atoms with E-state index < -0.39 is 53.3 Å². The number of amides is 3. The number of likely N-dealkylation sites (tertiary alicyclic amines) is 1. The number of anilines is 1. The molecule has 3 amide bonds. The normalized spacial score (nSPS) is 17.5. The van der Waals surface area contributed by atoms with Crippen LogP contribution in [0, 0.1) is 5.82 Å². The Labute approximate surface area is 239 Å². The summed E-state index contributed by atoms with van der Waals surface area (Å²) in [4.78, 5) is 39.1. The number of piperidine rings is 1. The van der Waals surface area contributed by atoms with Gasteiger partial charge in [0.2, 0.25) is 0 Å². The van der Waals surface area contributed by atoms with Gasteiger partial charge in [0.15, 0.2) is 11.4 Å².